The molecular weight excluding hydrogens is 525 g/mol. The van der Waals surface area contributed by atoms with Gasteiger partial charge < -0.3 is 20.3 Å². The maximum absolute atomic E-state index is 16.1. The molecule has 0 saturated carbocycles. The molecular formula is C26H18F5N5O3. The van der Waals surface area contributed by atoms with Crippen LogP contribution in [0.25, 0.3) is 38.7 Å². The maximum Gasteiger partial charge on any atom is 0.435 e. The second-order valence-electron chi connectivity index (χ2n) is 9.15. The van der Waals surface area contributed by atoms with Crippen LogP contribution in [0.3, 0.4) is 0 Å². The molecule has 1 saturated heterocycles. The highest BCUT2D eigenvalue weighted by Crippen LogP contribution is 2.41. The molecule has 1 aliphatic heterocycles. The zero-order chi connectivity index (χ0) is 27.6. The fourth-order valence-electron chi connectivity index (χ4n) is 4.88. The van der Waals surface area contributed by atoms with Gasteiger partial charge in [-0.1, -0.05) is 11.2 Å². The number of carbonyl (C=O) groups is 1. The highest BCUT2D eigenvalue weighted by Gasteiger charge is 2.38. The number of halogens is 5. The first-order valence-electron chi connectivity index (χ1n) is 11.8. The van der Waals surface area contributed by atoms with Crippen molar-refractivity contribution in [3.8, 4) is 22.6 Å². The molecule has 0 radical (unpaired) electrons. The van der Waals surface area contributed by atoms with Crippen molar-refractivity contribution in [3.63, 3.8) is 0 Å². The SMILES string of the molecule is Nc1noc2cc(O)c(-n3nc(C(F)(F)F)c4ccc(-c5ccc(N6CCCCC6=O)cc5F)c(F)c43)cc12. The van der Waals surface area contributed by atoms with Crippen LogP contribution >= 0.6 is 0 Å². The van der Waals surface area contributed by atoms with Gasteiger partial charge in [0.05, 0.1) is 5.39 Å². The van der Waals surface area contributed by atoms with E-state index in [2.05, 4.69) is 10.3 Å². The summed E-state index contributed by atoms with van der Waals surface area (Å²) in [6, 6.07) is 8.07. The van der Waals surface area contributed by atoms with Crippen molar-refractivity contribution in [3.05, 3.63) is 59.8 Å². The standard InChI is InChI=1S/C26H18F5N5O3/c27-17-9-12(35-8-2-1-3-21(35)38)4-5-13(17)14-6-7-15-23(22(14)28)36(33-24(15)26(29,30)31)18-10-16-20(11-19(18)37)39-34-25(16)32/h4-7,9-11,37H,1-3,8H2,(H2,32,34). The molecule has 0 aliphatic carbocycles. The van der Waals surface area contributed by atoms with Crippen LogP contribution in [0.4, 0.5) is 33.5 Å². The van der Waals surface area contributed by atoms with E-state index in [-0.39, 0.29) is 39.5 Å². The molecule has 1 aliphatic rings. The van der Waals surface area contributed by atoms with Crippen molar-refractivity contribution in [2.75, 3.05) is 17.2 Å². The third kappa shape index (κ3) is 3.92. The van der Waals surface area contributed by atoms with E-state index in [1.54, 1.807) is 0 Å². The summed E-state index contributed by atoms with van der Waals surface area (Å²) in [5.41, 5.74) is 3.17. The van der Waals surface area contributed by atoms with Gasteiger partial charge in [0.2, 0.25) is 5.91 Å². The first-order valence-corrected chi connectivity index (χ1v) is 11.8. The number of benzene rings is 3. The second kappa shape index (κ2) is 8.68. The molecule has 1 amide bonds. The first kappa shape index (κ1) is 24.6. The number of nitrogens with two attached hydrogens (primary N) is 1. The molecule has 3 N–H and O–H groups in total. The molecule has 3 heterocycles. The lowest BCUT2D eigenvalue weighted by molar-refractivity contribution is -0.140. The average molecular weight is 543 g/mol. The van der Waals surface area contributed by atoms with Crippen molar-refractivity contribution in [2.24, 2.45) is 0 Å². The Kier molecular flexibility index (Phi) is 5.49. The summed E-state index contributed by atoms with van der Waals surface area (Å²) in [7, 11) is 0. The number of piperidine rings is 1. The van der Waals surface area contributed by atoms with Crippen LogP contribution in [0, 0.1) is 11.6 Å². The molecule has 1 fully saturated rings. The van der Waals surface area contributed by atoms with Crippen LogP contribution in [0.15, 0.2) is 47.0 Å². The molecule has 0 unspecified atom stereocenters. The molecule has 3 aromatic carbocycles. The number of aromatic nitrogens is 3. The third-order valence-corrected chi connectivity index (χ3v) is 6.75. The number of phenols is 1. The summed E-state index contributed by atoms with van der Waals surface area (Å²) < 4.78 is 78.6. The van der Waals surface area contributed by atoms with Crippen molar-refractivity contribution < 1.29 is 36.4 Å². The molecule has 0 spiro atoms. The third-order valence-electron chi connectivity index (χ3n) is 6.75. The number of aromatic hydroxyl groups is 1. The maximum atomic E-state index is 16.1. The van der Waals surface area contributed by atoms with E-state index in [1.165, 1.54) is 23.1 Å². The number of nitrogens with zero attached hydrogens (tertiary/aromatic N) is 4. The predicted molar refractivity (Wildman–Crippen MR) is 131 cm³/mol. The minimum atomic E-state index is -4.97. The Balaban J connectivity index is 1.56. The van der Waals surface area contributed by atoms with Gasteiger partial charge in [0.15, 0.2) is 22.9 Å². The summed E-state index contributed by atoms with van der Waals surface area (Å²) in [5, 5.41) is 17.2. The minimum absolute atomic E-state index is 0.0526. The molecule has 200 valence electrons. The van der Waals surface area contributed by atoms with Crippen LogP contribution in [0.2, 0.25) is 0 Å². The number of fused-ring (bicyclic) bond motifs is 2. The lowest BCUT2D eigenvalue weighted by Gasteiger charge is -2.27. The Morgan fingerprint density at radius 1 is 1.00 bits per heavy atom. The molecule has 5 aromatic rings. The normalized spacial score (nSPS) is 14.6. The van der Waals surface area contributed by atoms with Crippen molar-refractivity contribution in [1.82, 2.24) is 14.9 Å². The number of hydrogen-bond donors (Lipinski definition) is 2. The lowest BCUT2D eigenvalue weighted by Crippen LogP contribution is -2.35. The highest BCUT2D eigenvalue weighted by molar-refractivity contribution is 5.95. The molecule has 39 heavy (non-hydrogen) atoms. The Morgan fingerprint density at radius 3 is 2.49 bits per heavy atom. The fourth-order valence-corrected chi connectivity index (χ4v) is 4.88. The predicted octanol–water partition coefficient (Wildman–Crippen LogP) is 5.94. The Labute approximate surface area is 216 Å². The van der Waals surface area contributed by atoms with Gasteiger partial charge in [-0.05, 0) is 43.2 Å². The number of hydrogen-bond acceptors (Lipinski definition) is 6. The molecule has 2 aromatic heterocycles. The lowest BCUT2D eigenvalue weighted by atomic mass is 10.0. The Hall–Kier alpha value is -4.68. The topological polar surface area (TPSA) is 110 Å². The zero-order valence-corrected chi connectivity index (χ0v) is 19.9. The fraction of sp³-hybridized carbons (Fsp3) is 0.192. The van der Waals surface area contributed by atoms with E-state index in [4.69, 9.17) is 10.3 Å². The summed E-state index contributed by atoms with van der Waals surface area (Å²) in [4.78, 5) is 13.7. The largest absolute Gasteiger partial charge is 0.506 e. The molecule has 0 atom stereocenters. The number of phenolic OH excluding ortho intramolecular Hbond substituents is 1. The number of nitrogen functional groups attached to an aromatic ring is 1. The van der Waals surface area contributed by atoms with Crippen LogP contribution in [0.5, 0.6) is 5.75 Å². The Morgan fingerprint density at radius 2 is 1.77 bits per heavy atom. The number of alkyl halides is 3. The van der Waals surface area contributed by atoms with Crippen LogP contribution < -0.4 is 10.6 Å². The van der Waals surface area contributed by atoms with Crippen molar-refractivity contribution in [2.45, 2.75) is 25.4 Å². The van der Waals surface area contributed by atoms with Crippen molar-refractivity contribution in [1.29, 1.82) is 0 Å². The quantitative estimate of drug-likeness (QED) is 0.273. The van der Waals surface area contributed by atoms with Gasteiger partial charge in [-0.2, -0.15) is 18.3 Å². The number of carbonyl (C=O) groups excluding carboxylic acids is 1. The summed E-state index contributed by atoms with van der Waals surface area (Å²) >= 11 is 0. The van der Waals surface area contributed by atoms with Gasteiger partial charge in [0.25, 0.3) is 0 Å². The van der Waals surface area contributed by atoms with Gasteiger partial charge in [-0.25, -0.2) is 13.5 Å². The van der Waals surface area contributed by atoms with Gasteiger partial charge in [-0.15, -0.1) is 0 Å². The molecule has 13 heteroatoms. The zero-order valence-electron chi connectivity index (χ0n) is 19.9. The smallest absolute Gasteiger partial charge is 0.435 e. The van der Waals surface area contributed by atoms with E-state index < -0.39 is 40.2 Å². The molecule has 0 bridgehead atoms. The average Bonchev–Trinajstić information content (AvgIpc) is 3.45. The highest BCUT2D eigenvalue weighted by atomic mass is 19.4. The van der Waals surface area contributed by atoms with Crippen molar-refractivity contribution >= 4 is 39.3 Å². The minimum Gasteiger partial charge on any atom is -0.506 e. The monoisotopic (exact) mass is 543 g/mol. The second-order valence-corrected chi connectivity index (χ2v) is 9.15. The first-order chi connectivity index (χ1) is 18.5. The molecule has 6 rings (SSSR count). The number of rotatable bonds is 3. The van der Waals surface area contributed by atoms with E-state index in [0.717, 1.165) is 37.1 Å². The summed E-state index contributed by atoms with van der Waals surface area (Å²) in [5.74, 6) is -2.91. The van der Waals surface area contributed by atoms with E-state index in [1.807, 2.05) is 0 Å². The number of amides is 1. The van der Waals surface area contributed by atoms with Gasteiger partial charge in [0.1, 0.15) is 22.8 Å². The summed E-state index contributed by atoms with van der Waals surface area (Å²) in [6.07, 6.45) is -3.15. The van der Waals surface area contributed by atoms with E-state index in [9.17, 15) is 23.1 Å². The Bertz CT molecular complexity index is 1790. The van der Waals surface area contributed by atoms with Gasteiger partial charge in [0, 0.05) is 41.2 Å². The number of anilines is 2. The molecule has 8 nitrogen and oxygen atoms in total. The van der Waals surface area contributed by atoms with E-state index in [0.29, 0.717) is 23.3 Å². The van der Waals surface area contributed by atoms with Crippen LogP contribution in [0.1, 0.15) is 25.0 Å². The van der Waals surface area contributed by atoms with E-state index >= 15 is 8.78 Å². The van der Waals surface area contributed by atoms with Gasteiger partial charge >= 0.3 is 6.18 Å². The van der Waals surface area contributed by atoms with Gasteiger partial charge in [-0.3, -0.25) is 4.79 Å². The summed E-state index contributed by atoms with van der Waals surface area (Å²) in [6.45, 7) is 0.419. The van der Waals surface area contributed by atoms with Crippen LogP contribution in [-0.4, -0.2) is 32.5 Å². The van der Waals surface area contributed by atoms with Crippen LogP contribution in [-0.2, 0) is 11.0 Å².